The number of nitrogens with zero attached hydrogens (tertiary/aromatic N) is 3. The average Bonchev–Trinajstić information content (AvgIpc) is 3.56. The van der Waals surface area contributed by atoms with E-state index in [-0.39, 0.29) is 5.56 Å². The molecule has 3 aromatic heterocycles. The van der Waals surface area contributed by atoms with Crippen LogP contribution in [0.1, 0.15) is 5.76 Å². The van der Waals surface area contributed by atoms with Crippen LogP contribution in [0.2, 0.25) is 0 Å². The maximum atomic E-state index is 13.0. The Labute approximate surface area is 206 Å². The molecule has 2 aromatic carbocycles. The number of halogens is 1. The fourth-order valence-electron chi connectivity index (χ4n) is 3.50. The van der Waals surface area contributed by atoms with Crippen molar-refractivity contribution in [3.63, 3.8) is 0 Å². The van der Waals surface area contributed by atoms with Gasteiger partial charge in [-0.3, -0.25) is 4.79 Å². The van der Waals surface area contributed by atoms with E-state index in [4.69, 9.17) is 18.6 Å². The fourth-order valence-corrected chi connectivity index (χ4v) is 4.65. The Hall–Kier alpha value is -3.63. The molecule has 0 fully saturated rings. The molecule has 0 N–H and O–H groups in total. The SMILES string of the molecule is COc1cc(-c2nc3s/c(=C\c4ccc(-c5ccc(Br)cc5)o4)c(=O)n3n2)cc(OC)c1OC. The molecule has 3 heterocycles. The molecule has 0 spiro atoms. The minimum Gasteiger partial charge on any atom is -0.493 e. The fraction of sp³-hybridized carbons (Fsp3) is 0.125. The van der Waals surface area contributed by atoms with Crippen molar-refractivity contribution in [3.05, 3.63) is 73.7 Å². The second-order valence-corrected chi connectivity index (χ2v) is 9.09. The van der Waals surface area contributed by atoms with Crippen molar-refractivity contribution in [2.24, 2.45) is 0 Å². The van der Waals surface area contributed by atoms with E-state index in [0.717, 1.165) is 15.8 Å². The standard InChI is InChI=1S/C24H18BrN3O5S/c1-30-18-10-14(11-19(31-2)21(18)32-3)22-26-24-28(27-22)23(29)20(34-24)12-16-8-9-17(33-16)13-4-6-15(25)7-5-13/h4-12H,1-3H3/b20-12-. The first kappa shape index (κ1) is 22.2. The maximum Gasteiger partial charge on any atom is 0.291 e. The van der Waals surface area contributed by atoms with E-state index < -0.39 is 0 Å². The van der Waals surface area contributed by atoms with Crippen molar-refractivity contribution in [3.8, 4) is 40.0 Å². The first-order valence-electron chi connectivity index (χ1n) is 10.1. The van der Waals surface area contributed by atoms with Crippen molar-refractivity contribution in [1.82, 2.24) is 14.6 Å². The third-order valence-corrected chi connectivity index (χ3v) is 6.62. The van der Waals surface area contributed by atoms with Crippen LogP contribution in [0.25, 0.3) is 33.7 Å². The average molecular weight is 540 g/mol. The molecule has 0 bridgehead atoms. The molecular weight excluding hydrogens is 522 g/mol. The van der Waals surface area contributed by atoms with Crippen LogP contribution in [0.3, 0.4) is 0 Å². The number of aromatic nitrogens is 3. The lowest BCUT2D eigenvalue weighted by molar-refractivity contribution is 0.324. The van der Waals surface area contributed by atoms with Gasteiger partial charge in [-0.1, -0.05) is 39.4 Å². The summed E-state index contributed by atoms with van der Waals surface area (Å²) in [5, 5.41) is 4.41. The number of furan rings is 1. The van der Waals surface area contributed by atoms with E-state index in [9.17, 15) is 4.79 Å². The molecule has 34 heavy (non-hydrogen) atoms. The molecule has 0 unspecified atom stereocenters. The Morgan fingerprint density at radius 1 is 0.971 bits per heavy atom. The molecular formula is C24H18BrN3O5S. The first-order chi connectivity index (χ1) is 16.5. The van der Waals surface area contributed by atoms with E-state index in [2.05, 4.69) is 26.0 Å². The van der Waals surface area contributed by atoms with Crippen molar-refractivity contribution >= 4 is 38.3 Å². The minimum absolute atomic E-state index is 0.271. The van der Waals surface area contributed by atoms with Crippen LogP contribution in [0.5, 0.6) is 17.2 Å². The summed E-state index contributed by atoms with van der Waals surface area (Å²) in [4.78, 5) is 18.0. The normalized spacial score (nSPS) is 11.8. The number of methoxy groups -OCH3 is 3. The molecule has 0 amide bonds. The minimum atomic E-state index is -0.271. The molecule has 0 aliphatic heterocycles. The van der Waals surface area contributed by atoms with Gasteiger partial charge in [0.15, 0.2) is 17.3 Å². The molecule has 8 nitrogen and oxygen atoms in total. The van der Waals surface area contributed by atoms with Crippen molar-refractivity contribution in [2.75, 3.05) is 21.3 Å². The zero-order chi connectivity index (χ0) is 23.8. The molecule has 0 atom stereocenters. The second kappa shape index (κ2) is 8.96. The summed E-state index contributed by atoms with van der Waals surface area (Å²) >= 11 is 4.66. The van der Waals surface area contributed by atoms with Crippen LogP contribution in [0.4, 0.5) is 0 Å². The van der Waals surface area contributed by atoms with E-state index in [1.807, 2.05) is 36.4 Å². The summed E-state index contributed by atoms with van der Waals surface area (Å²) in [6.07, 6.45) is 1.70. The van der Waals surface area contributed by atoms with Gasteiger partial charge in [-0.2, -0.15) is 9.50 Å². The Balaban J connectivity index is 1.51. The number of fused-ring (bicyclic) bond motifs is 1. The summed E-state index contributed by atoms with van der Waals surface area (Å²) in [6, 6.07) is 15.0. The van der Waals surface area contributed by atoms with Gasteiger partial charge in [0.25, 0.3) is 5.56 Å². The van der Waals surface area contributed by atoms with E-state index in [1.54, 1.807) is 18.2 Å². The molecule has 0 aliphatic carbocycles. The highest BCUT2D eigenvalue weighted by atomic mass is 79.9. The maximum absolute atomic E-state index is 13.0. The second-order valence-electron chi connectivity index (χ2n) is 7.17. The molecule has 0 radical (unpaired) electrons. The van der Waals surface area contributed by atoms with Gasteiger partial charge < -0.3 is 18.6 Å². The van der Waals surface area contributed by atoms with Gasteiger partial charge in [0.2, 0.25) is 10.7 Å². The smallest absolute Gasteiger partial charge is 0.291 e. The number of rotatable bonds is 6. The molecule has 5 aromatic rings. The highest BCUT2D eigenvalue weighted by Gasteiger charge is 2.18. The van der Waals surface area contributed by atoms with Crippen LogP contribution in [-0.2, 0) is 0 Å². The van der Waals surface area contributed by atoms with E-state index in [1.165, 1.54) is 37.2 Å². The third-order valence-electron chi connectivity index (χ3n) is 5.13. The number of benzene rings is 2. The Morgan fingerprint density at radius 3 is 2.29 bits per heavy atom. The largest absolute Gasteiger partial charge is 0.493 e. The van der Waals surface area contributed by atoms with Crippen LogP contribution >= 0.6 is 27.3 Å². The number of thiazole rings is 1. The van der Waals surface area contributed by atoms with Crippen molar-refractivity contribution in [1.29, 1.82) is 0 Å². The monoisotopic (exact) mass is 539 g/mol. The van der Waals surface area contributed by atoms with Gasteiger partial charge in [0, 0.05) is 21.7 Å². The van der Waals surface area contributed by atoms with Crippen molar-refractivity contribution in [2.45, 2.75) is 0 Å². The molecule has 5 rings (SSSR count). The summed E-state index contributed by atoms with van der Waals surface area (Å²) < 4.78 is 24.8. The van der Waals surface area contributed by atoms with Gasteiger partial charge in [0.05, 0.1) is 21.3 Å². The molecule has 0 saturated heterocycles. The van der Waals surface area contributed by atoms with Crippen LogP contribution in [-0.4, -0.2) is 35.9 Å². The Bertz CT molecular complexity index is 1580. The lowest BCUT2D eigenvalue weighted by atomic mass is 10.1. The Kier molecular flexibility index (Phi) is 5.84. The number of hydrogen-bond acceptors (Lipinski definition) is 8. The number of hydrogen-bond donors (Lipinski definition) is 0. The number of ether oxygens (including phenoxy) is 3. The highest BCUT2D eigenvalue weighted by molar-refractivity contribution is 9.10. The molecule has 172 valence electrons. The predicted octanol–water partition coefficient (Wildman–Crippen LogP) is 4.41. The van der Waals surface area contributed by atoms with Gasteiger partial charge in [0.1, 0.15) is 16.1 Å². The van der Waals surface area contributed by atoms with E-state index >= 15 is 0 Å². The summed E-state index contributed by atoms with van der Waals surface area (Å²) in [7, 11) is 4.61. The highest BCUT2D eigenvalue weighted by Crippen LogP contribution is 2.40. The summed E-state index contributed by atoms with van der Waals surface area (Å²) in [5.74, 6) is 3.10. The van der Waals surface area contributed by atoms with Crippen LogP contribution < -0.4 is 24.3 Å². The third kappa shape index (κ3) is 3.95. The van der Waals surface area contributed by atoms with E-state index in [0.29, 0.717) is 43.9 Å². The van der Waals surface area contributed by atoms with Gasteiger partial charge in [-0.25, -0.2) is 0 Å². The lowest BCUT2D eigenvalue weighted by Gasteiger charge is -2.12. The summed E-state index contributed by atoms with van der Waals surface area (Å²) in [5.41, 5.74) is 1.32. The van der Waals surface area contributed by atoms with Gasteiger partial charge in [-0.05, 0) is 36.4 Å². The van der Waals surface area contributed by atoms with Gasteiger partial charge in [-0.15, -0.1) is 5.10 Å². The van der Waals surface area contributed by atoms with Gasteiger partial charge >= 0.3 is 0 Å². The topological polar surface area (TPSA) is 88.1 Å². The Morgan fingerprint density at radius 2 is 1.68 bits per heavy atom. The first-order valence-corrected chi connectivity index (χ1v) is 11.7. The molecule has 0 saturated carbocycles. The quantitative estimate of drug-likeness (QED) is 0.315. The zero-order valence-electron chi connectivity index (χ0n) is 18.4. The molecule has 10 heteroatoms. The zero-order valence-corrected chi connectivity index (χ0v) is 20.8. The summed E-state index contributed by atoms with van der Waals surface area (Å²) in [6.45, 7) is 0. The van der Waals surface area contributed by atoms with Crippen LogP contribution in [0, 0.1) is 0 Å². The predicted molar refractivity (Wildman–Crippen MR) is 133 cm³/mol. The lowest BCUT2D eigenvalue weighted by Crippen LogP contribution is -2.23. The van der Waals surface area contributed by atoms with Crippen molar-refractivity contribution < 1.29 is 18.6 Å². The van der Waals surface area contributed by atoms with Crippen LogP contribution in [0.15, 0.2) is 62.2 Å². The molecule has 0 aliphatic rings.